The van der Waals surface area contributed by atoms with E-state index in [1.54, 1.807) is 24.3 Å². The molecule has 2 heterocycles. The molecule has 0 bridgehead atoms. The highest BCUT2D eigenvalue weighted by Crippen LogP contribution is 2.31. The Kier molecular flexibility index (Phi) is 6.44. The molecule has 0 spiro atoms. The van der Waals surface area contributed by atoms with Crippen molar-refractivity contribution in [3.63, 3.8) is 0 Å². The van der Waals surface area contributed by atoms with Crippen LogP contribution in [0.1, 0.15) is 12.0 Å². The molecule has 7 nitrogen and oxygen atoms in total. The van der Waals surface area contributed by atoms with E-state index in [0.29, 0.717) is 50.5 Å². The third-order valence-electron chi connectivity index (χ3n) is 8.24. The number of aromatic nitrogens is 1. The molecule has 7 heteroatoms. The van der Waals surface area contributed by atoms with Gasteiger partial charge in [-0.2, -0.15) is 0 Å². The van der Waals surface area contributed by atoms with Crippen molar-refractivity contribution in [3.8, 4) is 0 Å². The van der Waals surface area contributed by atoms with Crippen LogP contribution in [0.25, 0.3) is 43.7 Å². The van der Waals surface area contributed by atoms with Crippen molar-refractivity contribution in [2.75, 3.05) is 49.5 Å². The van der Waals surface area contributed by atoms with Crippen LogP contribution >= 0.6 is 0 Å². The minimum absolute atomic E-state index is 0.144. The van der Waals surface area contributed by atoms with Crippen molar-refractivity contribution < 1.29 is 4.42 Å². The molecule has 2 N–H and O–H groups in total. The molecule has 5 aromatic carbocycles. The molecule has 0 saturated carbocycles. The van der Waals surface area contributed by atoms with Crippen LogP contribution in [0.3, 0.4) is 0 Å². The lowest BCUT2D eigenvalue weighted by Crippen LogP contribution is -2.46. The average Bonchev–Trinajstić information content (AvgIpc) is 3.01. The second kappa shape index (κ2) is 10.4. The molecule has 6 aromatic rings. The average molecular weight is 545 g/mol. The van der Waals surface area contributed by atoms with E-state index in [1.807, 2.05) is 31.2 Å². The van der Waals surface area contributed by atoms with Crippen molar-refractivity contribution in [2.45, 2.75) is 13.3 Å². The number of H-pyrrole nitrogens is 1. The van der Waals surface area contributed by atoms with Gasteiger partial charge in [0, 0.05) is 60.9 Å². The largest absolute Gasteiger partial charge is 0.453 e. The van der Waals surface area contributed by atoms with Crippen LogP contribution in [0.2, 0.25) is 0 Å². The SMILES string of the molecule is Cc1ccc2[nH]c3c(cc(NCCCN4CCN(c5ccccc5)CC4)c4c(=O)c5ccccc5c(=O)c43)oc2c1. The van der Waals surface area contributed by atoms with Gasteiger partial charge in [-0.3, -0.25) is 14.5 Å². The van der Waals surface area contributed by atoms with Crippen LogP contribution in [-0.4, -0.2) is 49.2 Å². The number of aromatic amines is 1. The van der Waals surface area contributed by atoms with Crippen molar-refractivity contribution in [3.05, 3.63) is 105 Å². The van der Waals surface area contributed by atoms with Crippen LogP contribution < -0.4 is 21.1 Å². The highest BCUT2D eigenvalue weighted by Gasteiger charge is 2.20. The number of hydrogen-bond acceptors (Lipinski definition) is 6. The molecule has 7 rings (SSSR count). The summed E-state index contributed by atoms with van der Waals surface area (Å²) < 4.78 is 6.31. The Bertz CT molecular complexity index is 2020. The summed E-state index contributed by atoms with van der Waals surface area (Å²) in [6.07, 6.45) is 0.914. The van der Waals surface area contributed by atoms with Crippen molar-refractivity contribution >= 4 is 55.1 Å². The Labute approximate surface area is 237 Å². The maximum absolute atomic E-state index is 13.8. The van der Waals surface area contributed by atoms with Gasteiger partial charge in [-0.25, -0.2) is 0 Å². The van der Waals surface area contributed by atoms with Gasteiger partial charge >= 0.3 is 0 Å². The lowest BCUT2D eigenvalue weighted by Gasteiger charge is -2.36. The molecule has 1 saturated heterocycles. The van der Waals surface area contributed by atoms with Gasteiger partial charge in [0.15, 0.2) is 22.0 Å². The van der Waals surface area contributed by atoms with Gasteiger partial charge in [0.25, 0.3) is 0 Å². The maximum Gasteiger partial charge on any atom is 0.196 e. The van der Waals surface area contributed by atoms with E-state index in [9.17, 15) is 9.59 Å². The smallest absolute Gasteiger partial charge is 0.196 e. The van der Waals surface area contributed by atoms with Gasteiger partial charge in [0.05, 0.1) is 21.8 Å². The molecule has 1 aromatic heterocycles. The van der Waals surface area contributed by atoms with Crippen LogP contribution in [0.15, 0.2) is 92.9 Å². The molecule has 1 fully saturated rings. The van der Waals surface area contributed by atoms with Crippen LogP contribution in [-0.2, 0) is 0 Å². The van der Waals surface area contributed by atoms with E-state index in [2.05, 4.69) is 50.4 Å². The number of para-hydroxylation sites is 1. The number of nitrogens with zero attached hydrogens (tertiary/aromatic N) is 2. The zero-order valence-electron chi connectivity index (χ0n) is 23.1. The number of benzene rings is 5. The van der Waals surface area contributed by atoms with E-state index in [-0.39, 0.29) is 10.9 Å². The van der Waals surface area contributed by atoms with Crippen molar-refractivity contribution in [2.24, 2.45) is 0 Å². The fourth-order valence-electron chi connectivity index (χ4n) is 6.08. The third kappa shape index (κ3) is 4.62. The van der Waals surface area contributed by atoms with E-state index in [0.717, 1.165) is 50.2 Å². The van der Waals surface area contributed by atoms with Crippen LogP contribution in [0.5, 0.6) is 0 Å². The highest BCUT2D eigenvalue weighted by molar-refractivity contribution is 6.14. The topological polar surface area (TPSA) is 81.6 Å². The second-order valence-electron chi connectivity index (χ2n) is 10.9. The van der Waals surface area contributed by atoms with Gasteiger partial charge in [0.1, 0.15) is 0 Å². The molecule has 41 heavy (non-hydrogen) atoms. The lowest BCUT2D eigenvalue weighted by atomic mass is 9.99. The lowest BCUT2D eigenvalue weighted by molar-refractivity contribution is 0.257. The summed E-state index contributed by atoms with van der Waals surface area (Å²) in [5, 5.41) is 5.15. The fourth-order valence-corrected chi connectivity index (χ4v) is 6.08. The first kappa shape index (κ1) is 25.4. The number of aryl methyl sites for hydroxylation is 1. The zero-order valence-corrected chi connectivity index (χ0v) is 23.1. The number of fused-ring (bicyclic) bond motifs is 5. The Balaban J connectivity index is 1.19. The van der Waals surface area contributed by atoms with Gasteiger partial charge in [-0.05, 0) is 49.7 Å². The van der Waals surface area contributed by atoms with E-state index in [4.69, 9.17) is 4.42 Å². The summed E-state index contributed by atoms with van der Waals surface area (Å²) in [5.74, 6) is 0. The summed E-state index contributed by atoms with van der Waals surface area (Å²) in [6, 6.07) is 25.4. The fraction of sp³-hybridized carbons (Fsp3) is 0.235. The number of rotatable bonds is 6. The maximum atomic E-state index is 13.8. The third-order valence-corrected chi connectivity index (χ3v) is 8.24. The number of nitrogens with one attached hydrogen (secondary N) is 2. The first-order valence-electron chi connectivity index (χ1n) is 14.3. The quantitative estimate of drug-likeness (QED) is 0.155. The molecule has 0 aliphatic carbocycles. The second-order valence-corrected chi connectivity index (χ2v) is 10.9. The first-order valence-corrected chi connectivity index (χ1v) is 14.3. The summed E-state index contributed by atoms with van der Waals surface area (Å²) in [4.78, 5) is 35.9. The number of anilines is 2. The Morgan fingerprint density at radius 1 is 0.805 bits per heavy atom. The Morgan fingerprint density at radius 2 is 1.51 bits per heavy atom. The monoisotopic (exact) mass is 544 g/mol. The molecule has 206 valence electrons. The summed E-state index contributed by atoms with van der Waals surface area (Å²) in [5.41, 5.74) is 5.25. The van der Waals surface area contributed by atoms with Gasteiger partial charge < -0.3 is 19.6 Å². The molecule has 0 amide bonds. The summed E-state index contributed by atoms with van der Waals surface area (Å²) in [7, 11) is 0. The minimum Gasteiger partial charge on any atom is -0.453 e. The molecular formula is C34H32N4O3. The summed E-state index contributed by atoms with van der Waals surface area (Å²) >= 11 is 0. The molecular weight excluding hydrogens is 512 g/mol. The number of hydrogen-bond donors (Lipinski definition) is 2. The molecule has 0 unspecified atom stereocenters. The van der Waals surface area contributed by atoms with E-state index < -0.39 is 0 Å². The van der Waals surface area contributed by atoms with Gasteiger partial charge in [-0.15, -0.1) is 0 Å². The predicted octanol–water partition coefficient (Wildman–Crippen LogP) is 5.87. The van der Waals surface area contributed by atoms with Crippen molar-refractivity contribution in [1.82, 2.24) is 9.88 Å². The zero-order chi connectivity index (χ0) is 27.9. The molecule has 1 aliphatic heterocycles. The molecule has 0 radical (unpaired) electrons. The summed E-state index contributed by atoms with van der Waals surface area (Å²) in [6.45, 7) is 7.71. The van der Waals surface area contributed by atoms with Crippen LogP contribution in [0, 0.1) is 6.92 Å². The Morgan fingerprint density at radius 3 is 2.27 bits per heavy atom. The van der Waals surface area contributed by atoms with Gasteiger partial charge in [-0.1, -0.05) is 48.5 Å². The van der Waals surface area contributed by atoms with E-state index >= 15 is 0 Å². The van der Waals surface area contributed by atoms with Crippen molar-refractivity contribution in [1.29, 1.82) is 0 Å². The highest BCUT2D eigenvalue weighted by atomic mass is 16.3. The molecule has 0 atom stereocenters. The van der Waals surface area contributed by atoms with E-state index in [1.165, 1.54) is 5.69 Å². The van der Waals surface area contributed by atoms with Crippen LogP contribution in [0.4, 0.5) is 11.4 Å². The predicted molar refractivity (Wildman–Crippen MR) is 169 cm³/mol. The molecule has 1 aliphatic rings. The normalized spacial score (nSPS) is 14.4. The Hall–Kier alpha value is -4.62. The first-order chi connectivity index (χ1) is 20.1. The number of piperazine rings is 1. The van der Waals surface area contributed by atoms with Gasteiger partial charge in [0.2, 0.25) is 0 Å². The minimum atomic E-state index is -0.168. The standard InChI is InChI=1S/C34H32N4O3/c1-22-12-13-26-28(20-22)41-29-21-27(30-31(32(29)36-26)34(40)25-11-6-5-10-24(25)33(30)39)35-14-7-15-37-16-18-38(19-17-37)23-8-3-2-4-9-23/h2-6,8-13,20-21,35-36H,7,14-19H2,1H3.